The van der Waals surface area contributed by atoms with Crippen LogP contribution in [0.5, 0.6) is 0 Å². The molecule has 20 heavy (non-hydrogen) atoms. The van der Waals surface area contributed by atoms with Gasteiger partial charge in [0.1, 0.15) is 0 Å². The average Bonchev–Trinajstić information content (AvgIpc) is 2.47. The van der Waals surface area contributed by atoms with Crippen LogP contribution in [-0.2, 0) is 11.2 Å². The molecule has 2 N–H and O–H groups in total. The lowest BCUT2D eigenvalue weighted by atomic mass is 10.0. The first kappa shape index (κ1) is 12.3. The van der Waals surface area contributed by atoms with Crippen molar-refractivity contribution in [2.45, 2.75) is 12.8 Å². The van der Waals surface area contributed by atoms with Crippen LogP contribution in [0.25, 0.3) is 0 Å². The number of carbonyl (C=O) groups excluding carboxylic acids is 2. The number of hydrogen-bond donors (Lipinski definition) is 2. The number of carbonyl (C=O) groups is 2. The molecule has 2 amide bonds. The highest BCUT2D eigenvalue weighted by atomic mass is 16.2. The smallest absolute Gasteiger partial charge is 0.258 e. The highest BCUT2D eigenvalue weighted by Crippen LogP contribution is 2.23. The summed E-state index contributed by atoms with van der Waals surface area (Å²) in [6, 6.07) is 6.88. The molecule has 0 bridgehead atoms. The maximum Gasteiger partial charge on any atom is 0.258 e. The molecule has 1 aromatic heterocycles. The van der Waals surface area contributed by atoms with Crippen molar-refractivity contribution >= 4 is 23.5 Å². The van der Waals surface area contributed by atoms with Gasteiger partial charge in [-0.3, -0.25) is 14.9 Å². The van der Waals surface area contributed by atoms with E-state index in [9.17, 15) is 9.59 Å². The zero-order valence-corrected chi connectivity index (χ0v) is 10.6. The molecule has 0 saturated heterocycles. The van der Waals surface area contributed by atoms with Gasteiger partial charge in [0.15, 0.2) is 0 Å². The summed E-state index contributed by atoms with van der Waals surface area (Å²) in [5, 5.41) is 5.41. The summed E-state index contributed by atoms with van der Waals surface area (Å²) in [4.78, 5) is 31.2. The van der Waals surface area contributed by atoms with Gasteiger partial charge in [-0.05, 0) is 36.2 Å². The molecule has 0 radical (unpaired) electrons. The lowest BCUT2D eigenvalue weighted by Crippen LogP contribution is -2.20. The zero-order chi connectivity index (χ0) is 13.9. The molecule has 2 heterocycles. The van der Waals surface area contributed by atoms with Gasteiger partial charge in [-0.15, -0.1) is 0 Å². The monoisotopic (exact) mass is 268 g/mol. The number of anilines is 2. The second kappa shape index (κ2) is 5.08. The average molecular weight is 268 g/mol. The molecular formula is C14H12N4O2. The molecule has 2 aromatic rings. The van der Waals surface area contributed by atoms with Crippen LogP contribution in [0.4, 0.5) is 11.6 Å². The normalized spacial score (nSPS) is 13.3. The van der Waals surface area contributed by atoms with Crippen LogP contribution in [0.15, 0.2) is 36.7 Å². The van der Waals surface area contributed by atoms with E-state index in [1.165, 1.54) is 0 Å². The molecule has 0 unspecified atom stereocenters. The fourth-order valence-electron chi connectivity index (χ4n) is 2.06. The number of nitrogens with zero attached hydrogens (tertiary/aromatic N) is 2. The quantitative estimate of drug-likeness (QED) is 0.866. The van der Waals surface area contributed by atoms with Crippen LogP contribution in [-0.4, -0.2) is 21.8 Å². The topological polar surface area (TPSA) is 84.0 Å². The van der Waals surface area contributed by atoms with E-state index in [2.05, 4.69) is 20.6 Å². The number of aromatic nitrogens is 2. The summed E-state index contributed by atoms with van der Waals surface area (Å²) in [5.74, 6) is 0.00631. The van der Waals surface area contributed by atoms with Gasteiger partial charge in [0.05, 0.1) is 0 Å². The summed E-state index contributed by atoms with van der Waals surface area (Å²) >= 11 is 0. The highest BCUT2D eigenvalue weighted by molar-refractivity contribution is 6.04. The Kier molecular flexibility index (Phi) is 3.12. The van der Waals surface area contributed by atoms with E-state index >= 15 is 0 Å². The van der Waals surface area contributed by atoms with Gasteiger partial charge in [-0.2, -0.15) is 0 Å². The van der Waals surface area contributed by atoms with E-state index in [1.807, 2.05) is 0 Å². The van der Waals surface area contributed by atoms with E-state index in [4.69, 9.17) is 0 Å². The number of aryl methyl sites for hydroxylation is 1. The minimum Gasteiger partial charge on any atom is -0.326 e. The number of rotatable bonds is 2. The number of amides is 2. The summed E-state index contributed by atoms with van der Waals surface area (Å²) < 4.78 is 0. The summed E-state index contributed by atoms with van der Waals surface area (Å²) in [6.45, 7) is 0. The molecule has 6 heteroatoms. The van der Waals surface area contributed by atoms with E-state index in [1.54, 1.807) is 36.7 Å². The Balaban J connectivity index is 1.81. The Hall–Kier alpha value is -2.76. The number of fused-ring (bicyclic) bond motifs is 1. The van der Waals surface area contributed by atoms with Crippen molar-refractivity contribution in [1.29, 1.82) is 0 Å². The van der Waals surface area contributed by atoms with Crippen molar-refractivity contribution in [3.63, 3.8) is 0 Å². The minimum atomic E-state index is -0.268. The van der Waals surface area contributed by atoms with Crippen LogP contribution >= 0.6 is 0 Å². The van der Waals surface area contributed by atoms with Crippen LogP contribution in [0.2, 0.25) is 0 Å². The van der Waals surface area contributed by atoms with Gasteiger partial charge < -0.3 is 5.32 Å². The lowest BCUT2D eigenvalue weighted by Gasteiger charge is -2.17. The second-order valence-corrected chi connectivity index (χ2v) is 4.45. The molecule has 0 fully saturated rings. The summed E-state index contributed by atoms with van der Waals surface area (Å²) in [6.07, 6.45) is 4.21. The van der Waals surface area contributed by atoms with E-state index in [0.717, 1.165) is 11.3 Å². The van der Waals surface area contributed by atoms with Crippen molar-refractivity contribution in [2.75, 3.05) is 10.6 Å². The van der Waals surface area contributed by atoms with Crippen LogP contribution in [0.3, 0.4) is 0 Å². The van der Waals surface area contributed by atoms with Gasteiger partial charge in [0.2, 0.25) is 11.9 Å². The lowest BCUT2D eigenvalue weighted by molar-refractivity contribution is -0.116. The van der Waals surface area contributed by atoms with Gasteiger partial charge in [-0.1, -0.05) is 0 Å². The minimum absolute atomic E-state index is 0.00684. The Morgan fingerprint density at radius 3 is 2.80 bits per heavy atom. The summed E-state index contributed by atoms with van der Waals surface area (Å²) in [7, 11) is 0. The molecule has 1 aromatic carbocycles. The van der Waals surface area contributed by atoms with Crippen molar-refractivity contribution in [3.05, 3.63) is 47.8 Å². The Morgan fingerprint density at radius 2 is 2.00 bits per heavy atom. The predicted octanol–water partition coefficient (Wildman–Crippen LogP) is 1.61. The predicted molar refractivity (Wildman–Crippen MR) is 73.4 cm³/mol. The Bertz CT molecular complexity index is 670. The Labute approximate surface area is 115 Å². The molecule has 0 atom stereocenters. The van der Waals surface area contributed by atoms with Gasteiger partial charge >= 0.3 is 0 Å². The molecule has 6 nitrogen and oxygen atoms in total. The molecule has 0 saturated carbocycles. The molecule has 0 spiro atoms. The zero-order valence-electron chi connectivity index (χ0n) is 10.6. The van der Waals surface area contributed by atoms with Gasteiger partial charge in [0.25, 0.3) is 5.91 Å². The molecule has 0 aliphatic carbocycles. The van der Waals surface area contributed by atoms with Gasteiger partial charge in [0, 0.05) is 30.1 Å². The van der Waals surface area contributed by atoms with Crippen LogP contribution in [0, 0.1) is 0 Å². The van der Waals surface area contributed by atoms with Gasteiger partial charge in [-0.25, -0.2) is 9.97 Å². The van der Waals surface area contributed by atoms with E-state index in [-0.39, 0.29) is 17.8 Å². The first-order valence-corrected chi connectivity index (χ1v) is 6.23. The fraction of sp³-hybridized carbons (Fsp3) is 0.143. The molecular weight excluding hydrogens is 256 g/mol. The van der Waals surface area contributed by atoms with Crippen molar-refractivity contribution in [3.8, 4) is 0 Å². The van der Waals surface area contributed by atoms with Crippen LogP contribution < -0.4 is 10.6 Å². The van der Waals surface area contributed by atoms with E-state index < -0.39 is 0 Å². The van der Waals surface area contributed by atoms with E-state index in [0.29, 0.717) is 18.4 Å². The SMILES string of the molecule is O=C1CCc2cc(C(=O)Nc3ncccn3)ccc2N1. The summed E-state index contributed by atoms with van der Waals surface area (Å²) in [5.41, 5.74) is 2.26. The first-order chi connectivity index (χ1) is 9.72. The third-order valence-electron chi connectivity index (χ3n) is 3.05. The third kappa shape index (κ3) is 2.49. The van der Waals surface area contributed by atoms with Crippen molar-refractivity contribution in [2.24, 2.45) is 0 Å². The molecule has 1 aliphatic heterocycles. The fourth-order valence-corrected chi connectivity index (χ4v) is 2.06. The number of benzene rings is 1. The maximum atomic E-state index is 12.1. The molecule has 1 aliphatic rings. The van der Waals surface area contributed by atoms with Crippen molar-refractivity contribution in [1.82, 2.24) is 9.97 Å². The number of nitrogens with one attached hydrogen (secondary N) is 2. The van der Waals surface area contributed by atoms with Crippen LogP contribution in [0.1, 0.15) is 22.3 Å². The standard InChI is InChI=1S/C14H12N4O2/c19-12-5-3-9-8-10(2-4-11(9)17-12)13(20)18-14-15-6-1-7-16-14/h1-2,4,6-8H,3,5H2,(H,17,19)(H,15,16,18,20). The Morgan fingerprint density at radius 1 is 1.20 bits per heavy atom. The number of hydrogen-bond acceptors (Lipinski definition) is 4. The third-order valence-corrected chi connectivity index (χ3v) is 3.05. The maximum absolute atomic E-state index is 12.1. The largest absolute Gasteiger partial charge is 0.326 e. The molecule has 3 rings (SSSR count). The molecule has 100 valence electrons. The highest BCUT2D eigenvalue weighted by Gasteiger charge is 2.16. The van der Waals surface area contributed by atoms with Crippen molar-refractivity contribution < 1.29 is 9.59 Å². The second-order valence-electron chi connectivity index (χ2n) is 4.45. The first-order valence-electron chi connectivity index (χ1n) is 6.23.